The third kappa shape index (κ3) is 3.35. The molecule has 0 unspecified atom stereocenters. The minimum absolute atomic E-state index is 0.0816. The van der Waals surface area contributed by atoms with E-state index in [4.69, 9.17) is 9.47 Å². The van der Waals surface area contributed by atoms with Crippen molar-refractivity contribution in [2.75, 3.05) is 19.8 Å². The number of aromatic nitrogens is 2. The molecule has 24 heavy (non-hydrogen) atoms. The van der Waals surface area contributed by atoms with Gasteiger partial charge in [0.05, 0.1) is 24.4 Å². The van der Waals surface area contributed by atoms with Crippen LogP contribution in [-0.2, 0) is 21.3 Å². The molecule has 2 fully saturated rings. The summed E-state index contributed by atoms with van der Waals surface area (Å²) < 4.78 is 13.3. The molecule has 2 aliphatic rings. The van der Waals surface area contributed by atoms with E-state index >= 15 is 0 Å². The van der Waals surface area contributed by atoms with E-state index < -0.39 is 6.10 Å². The van der Waals surface area contributed by atoms with E-state index in [9.17, 15) is 4.79 Å². The molecule has 2 aliphatic heterocycles. The lowest BCUT2D eigenvalue weighted by molar-refractivity contribution is -0.145. The number of rotatable bonds is 5. The molecule has 0 spiro atoms. The number of aryl methyl sites for hydroxylation is 2. The first kappa shape index (κ1) is 17.4. The van der Waals surface area contributed by atoms with Gasteiger partial charge in [-0.1, -0.05) is 0 Å². The highest BCUT2D eigenvalue weighted by molar-refractivity contribution is 5.81. The van der Waals surface area contributed by atoms with Gasteiger partial charge >= 0.3 is 0 Å². The highest BCUT2D eigenvalue weighted by Crippen LogP contribution is 2.36. The van der Waals surface area contributed by atoms with Crippen LogP contribution >= 0.6 is 0 Å². The number of amides is 1. The zero-order chi connectivity index (χ0) is 17.3. The van der Waals surface area contributed by atoms with Gasteiger partial charge in [-0.2, -0.15) is 5.10 Å². The Kier molecular flexibility index (Phi) is 5.25. The third-order valence-electron chi connectivity index (χ3n) is 5.34. The number of carbonyl (C=O) groups is 1. The molecule has 0 radical (unpaired) electrons. The van der Waals surface area contributed by atoms with Crippen LogP contribution in [0.15, 0.2) is 0 Å². The van der Waals surface area contributed by atoms with Gasteiger partial charge < -0.3 is 14.4 Å². The zero-order valence-corrected chi connectivity index (χ0v) is 15.2. The molecule has 0 saturated carbocycles. The van der Waals surface area contributed by atoms with Crippen molar-refractivity contribution >= 4 is 5.91 Å². The second-order valence-electron chi connectivity index (χ2n) is 7.01. The summed E-state index contributed by atoms with van der Waals surface area (Å²) in [6.45, 7) is 8.08. The minimum Gasteiger partial charge on any atom is -0.376 e. The first-order valence-electron chi connectivity index (χ1n) is 9.02. The summed E-state index contributed by atoms with van der Waals surface area (Å²) >= 11 is 0. The summed E-state index contributed by atoms with van der Waals surface area (Å²) in [5, 5.41) is 4.51. The number of hydrogen-bond acceptors (Lipinski definition) is 4. The molecule has 0 aromatic carbocycles. The average Bonchev–Trinajstić information content (AvgIpc) is 3.27. The highest BCUT2D eigenvalue weighted by Gasteiger charge is 2.35. The van der Waals surface area contributed by atoms with Gasteiger partial charge in [-0.3, -0.25) is 9.48 Å². The minimum atomic E-state index is -0.424. The summed E-state index contributed by atoms with van der Waals surface area (Å²) in [4.78, 5) is 14.9. The molecule has 6 nitrogen and oxygen atoms in total. The van der Waals surface area contributed by atoms with E-state index in [1.807, 2.05) is 30.5 Å². The SMILES string of the molecule is Cc1nn(C)c(C)c1[C@@H]1CCCN1C(=O)[C@@H](C)OC[C@@H]1CCCO1. The van der Waals surface area contributed by atoms with Crippen LogP contribution < -0.4 is 0 Å². The number of hydrogen-bond donors (Lipinski definition) is 0. The molecule has 0 bridgehead atoms. The summed E-state index contributed by atoms with van der Waals surface area (Å²) in [6, 6.07) is 0.125. The van der Waals surface area contributed by atoms with Crippen molar-refractivity contribution in [1.29, 1.82) is 0 Å². The van der Waals surface area contributed by atoms with Crippen LogP contribution in [0.3, 0.4) is 0 Å². The molecule has 1 amide bonds. The van der Waals surface area contributed by atoms with Gasteiger partial charge in [0, 0.05) is 31.5 Å². The lowest BCUT2D eigenvalue weighted by Crippen LogP contribution is -2.39. The van der Waals surface area contributed by atoms with Crippen molar-refractivity contribution in [3.05, 3.63) is 17.0 Å². The average molecular weight is 335 g/mol. The van der Waals surface area contributed by atoms with Crippen molar-refractivity contribution in [3.63, 3.8) is 0 Å². The van der Waals surface area contributed by atoms with Crippen molar-refractivity contribution in [2.24, 2.45) is 7.05 Å². The Bertz CT molecular complexity index is 593. The zero-order valence-electron chi connectivity index (χ0n) is 15.2. The van der Waals surface area contributed by atoms with Crippen LogP contribution in [0.5, 0.6) is 0 Å². The Morgan fingerprint density at radius 2 is 2.17 bits per heavy atom. The maximum absolute atomic E-state index is 12.9. The van der Waals surface area contributed by atoms with Crippen molar-refractivity contribution in [1.82, 2.24) is 14.7 Å². The second kappa shape index (κ2) is 7.23. The second-order valence-corrected chi connectivity index (χ2v) is 7.01. The molecule has 1 aromatic heterocycles. The molecular weight excluding hydrogens is 306 g/mol. The molecule has 6 heteroatoms. The van der Waals surface area contributed by atoms with Gasteiger partial charge in [0.25, 0.3) is 5.91 Å². The fourth-order valence-electron chi connectivity index (χ4n) is 3.94. The fraction of sp³-hybridized carbons (Fsp3) is 0.778. The maximum Gasteiger partial charge on any atom is 0.251 e. The Morgan fingerprint density at radius 1 is 1.38 bits per heavy atom. The number of nitrogens with zero attached hydrogens (tertiary/aromatic N) is 3. The summed E-state index contributed by atoms with van der Waals surface area (Å²) in [5.74, 6) is 0.0816. The van der Waals surface area contributed by atoms with Crippen LogP contribution in [0, 0.1) is 13.8 Å². The first-order chi connectivity index (χ1) is 11.5. The standard InChI is InChI=1S/C18H29N3O3/c1-12-17(13(2)20(4)19-12)16-8-5-9-21(16)18(22)14(3)24-11-15-7-6-10-23-15/h14-16H,5-11H2,1-4H3/t14-,15+,16+/m1/s1. The number of ether oxygens (including phenoxy) is 2. The lowest BCUT2D eigenvalue weighted by Gasteiger charge is -2.28. The van der Waals surface area contributed by atoms with Crippen molar-refractivity contribution < 1.29 is 14.3 Å². The maximum atomic E-state index is 12.9. The van der Waals surface area contributed by atoms with E-state index in [0.717, 1.165) is 50.2 Å². The fourth-order valence-corrected chi connectivity index (χ4v) is 3.94. The van der Waals surface area contributed by atoms with Crippen molar-refractivity contribution in [3.8, 4) is 0 Å². The smallest absolute Gasteiger partial charge is 0.251 e. The van der Waals surface area contributed by atoms with Gasteiger partial charge in [-0.05, 0) is 46.5 Å². The lowest BCUT2D eigenvalue weighted by atomic mass is 10.0. The predicted molar refractivity (Wildman–Crippen MR) is 90.8 cm³/mol. The quantitative estimate of drug-likeness (QED) is 0.828. The van der Waals surface area contributed by atoms with Crippen LogP contribution in [0.1, 0.15) is 55.6 Å². The molecule has 3 heterocycles. The molecule has 3 atom stereocenters. The van der Waals surface area contributed by atoms with E-state index in [2.05, 4.69) is 12.0 Å². The van der Waals surface area contributed by atoms with E-state index in [0.29, 0.717) is 6.61 Å². The van der Waals surface area contributed by atoms with Gasteiger partial charge in [0.15, 0.2) is 0 Å². The highest BCUT2D eigenvalue weighted by atomic mass is 16.5. The molecule has 0 aliphatic carbocycles. The first-order valence-corrected chi connectivity index (χ1v) is 9.02. The van der Waals surface area contributed by atoms with Crippen LogP contribution in [-0.4, -0.2) is 52.6 Å². The number of carbonyl (C=O) groups excluding carboxylic acids is 1. The Balaban J connectivity index is 1.66. The van der Waals surface area contributed by atoms with Crippen LogP contribution in [0.25, 0.3) is 0 Å². The Hall–Kier alpha value is -1.40. The predicted octanol–water partition coefficient (Wildman–Crippen LogP) is 2.28. The molecule has 3 rings (SSSR count). The molecule has 0 N–H and O–H groups in total. The van der Waals surface area contributed by atoms with Gasteiger partial charge in [0.2, 0.25) is 0 Å². The monoisotopic (exact) mass is 335 g/mol. The number of likely N-dealkylation sites (tertiary alicyclic amines) is 1. The van der Waals surface area contributed by atoms with E-state index in [1.165, 1.54) is 5.56 Å². The Morgan fingerprint density at radius 3 is 2.79 bits per heavy atom. The topological polar surface area (TPSA) is 56.6 Å². The summed E-state index contributed by atoms with van der Waals surface area (Å²) in [6.07, 6.45) is 3.87. The molecule has 134 valence electrons. The van der Waals surface area contributed by atoms with Gasteiger partial charge in [0.1, 0.15) is 6.10 Å². The summed E-state index contributed by atoms with van der Waals surface area (Å²) in [7, 11) is 1.96. The third-order valence-corrected chi connectivity index (χ3v) is 5.34. The van der Waals surface area contributed by atoms with Gasteiger partial charge in [-0.25, -0.2) is 0 Å². The van der Waals surface area contributed by atoms with Crippen molar-refractivity contribution in [2.45, 2.75) is 64.7 Å². The van der Waals surface area contributed by atoms with E-state index in [1.54, 1.807) is 0 Å². The van der Waals surface area contributed by atoms with Crippen LogP contribution in [0.4, 0.5) is 0 Å². The van der Waals surface area contributed by atoms with Crippen LogP contribution in [0.2, 0.25) is 0 Å². The van der Waals surface area contributed by atoms with E-state index in [-0.39, 0.29) is 18.1 Å². The molecular formula is C18H29N3O3. The molecule has 2 saturated heterocycles. The Labute approximate surface area is 144 Å². The molecule has 1 aromatic rings. The van der Waals surface area contributed by atoms with Gasteiger partial charge in [-0.15, -0.1) is 0 Å². The normalized spacial score (nSPS) is 25.4. The summed E-state index contributed by atoms with van der Waals surface area (Å²) in [5.41, 5.74) is 3.37. The largest absolute Gasteiger partial charge is 0.376 e.